The minimum Gasteiger partial charge on any atom is -0.393 e. The maximum Gasteiger partial charge on any atom is 0.0896 e. The summed E-state index contributed by atoms with van der Waals surface area (Å²) in [7, 11) is 0. The van der Waals surface area contributed by atoms with Gasteiger partial charge in [0.2, 0.25) is 0 Å². The van der Waals surface area contributed by atoms with Crippen molar-refractivity contribution >= 4 is 11.3 Å². The SMILES string of the molecule is Cc1ncc(CC[C@H](C)O)s1. The molecule has 1 aromatic rings. The molecule has 1 aromatic heterocycles. The highest BCUT2D eigenvalue weighted by Gasteiger charge is 2.00. The van der Waals surface area contributed by atoms with Gasteiger partial charge < -0.3 is 5.11 Å². The van der Waals surface area contributed by atoms with Gasteiger partial charge in [0.1, 0.15) is 0 Å². The second kappa shape index (κ2) is 3.83. The molecular formula is C8H13NOS. The molecule has 0 saturated carbocycles. The minimum absolute atomic E-state index is 0.197. The molecule has 0 unspecified atom stereocenters. The number of aliphatic hydroxyl groups excluding tert-OH is 1. The fourth-order valence-electron chi connectivity index (χ4n) is 0.872. The summed E-state index contributed by atoms with van der Waals surface area (Å²) in [6.07, 6.45) is 3.48. The number of thiazole rings is 1. The lowest BCUT2D eigenvalue weighted by Crippen LogP contribution is -2.00. The molecule has 0 bridgehead atoms. The van der Waals surface area contributed by atoms with Gasteiger partial charge in [-0.3, -0.25) is 0 Å². The van der Waals surface area contributed by atoms with Crippen molar-refractivity contribution in [2.45, 2.75) is 32.8 Å². The molecule has 0 spiro atoms. The Kier molecular flexibility index (Phi) is 3.02. The average molecular weight is 171 g/mol. The lowest BCUT2D eigenvalue weighted by molar-refractivity contribution is 0.185. The topological polar surface area (TPSA) is 33.1 Å². The van der Waals surface area contributed by atoms with Crippen molar-refractivity contribution in [3.05, 3.63) is 16.1 Å². The zero-order valence-corrected chi connectivity index (χ0v) is 7.69. The van der Waals surface area contributed by atoms with E-state index in [1.54, 1.807) is 11.3 Å². The van der Waals surface area contributed by atoms with Gasteiger partial charge in [-0.15, -0.1) is 11.3 Å². The molecule has 0 radical (unpaired) electrons. The summed E-state index contributed by atoms with van der Waals surface area (Å²) in [5, 5.41) is 10.1. The Hall–Kier alpha value is -0.410. The van der Waals surface area contributed by atoms with Crippen LogP contribution in [0.3, 0.4) is 0 Å². The zero-order chi connectivity index (χ0) is 8.27. The van der Waals surface area contributed by atoms with Crippen LogP contribution in [-0.4, -0.2) is 16.2 Å². The predicted octanol–water partition coefficient (Wildman–Crippen LogP) is 1.76. The second-order valence-electron chi connectivity index (χ2n) is 2.73. The Bertz CT molecular complexity index is 220. The molecule has 62 valence electrons. The second-order valence-corrected chi connectivity index (χ2v) is 4.05. The van der Waals surface area contributed by atoms with Crippen LogP contribution in [0.15, 0.2) is 6.20 Å². The summed E-state index contributed by atoms with van der Waals surface area (Å²) < 4.78 is 0. The summed E-state index contributed by atoms with van der Waals surface area (Å²) in [5.74, 6) is 0. The monoisotopic (exact) mass is 171 g/mol. The van der Waals surface area contributed by atoms with Crippen LogP contribution in [0.5, 0.6) is 0 Å². The zero-order valence-electron chi connectivity index (χ0n) is 6.87. The van der Waals surface area contributed by atoms with E-state index in [9.17, 15) is 0 Å². The Morgan fingerprint density at radius 1 is 1.73 bits per heavy atom. The van der Waals surface area contributed by atoms with Crippen LogP contribution in [0, 0.1) is 6.92 Å². The number of rotatable bonds is 3. The Balaban J connectivity index is 2.39. The van der Waals surface area contributed by atoms with Gasteiger partial charge in [0.25, 0.3) is 0 Å². The summed E-state index contributed by atoms with van der Waals surface area (Å²) in [6, 6.07) is 0. The van der Waals surface area contributed by atoms with Gasteiger partial charge in [-0.1, -0.05) is 0 Å². The predicted molar refractivity (Wildman–Crippen MR) is 46.9 cm³/mol. The van der Waals surface area contributed by atoms with Crippen LogP contribution in [0.1, 0.15) is 23.2 Å². The van der Waals surface area contributed by atoms with Gasteiger partial charge in [-0.05, 0) is 26.7 Å². The van der Waals surface area contributed by atoms with Crippen molar-refractivity contribution in [1.29, 1.82) is 0 Å². The molecule has 1 rings (SSSR count). The number of aryl methyl sites for hydroxylation is 2. The first kappa shape index (κ1) is 8.68. The van der Waals surface area contributed by atoms with Gasteiger partial charge in [-0.2, -0.15) is 0 Å². The fourth-order valence-corrected chi connectivity index (χ4v) is 1.68. The van der Waals surface area contributed by atoms with Crippen LogP contribution in [-0.2, 0) is 6.42 Å². The average Bonchev–Trinajstić information content (AvgIpc) is 2.31. The molecule has 0 aromatic carbocycles. The maximum atomic E-state index is 9.00. The van der Waals surface area contributed by atoms with Gasteiger partial charge in [-0.25, -0.2) is 4.98 Å². The molecular weight excluding hydrogens is 158 g/mol. The molecule has 1 heterocycles. The maximum absolute atomic E-state index is 9.00. The lowest BCUT2D eigenvalue weighted by Gasteiger charge is -1.99. The van der Waals surface area contributed by atoms with Crippen molar-refractivity contribution in [3.8, 4) is 0 Å². The minimum atomic E-state index is -0.197. The van der Waals surface area contributed by atoms with Crippen molar-refractivity contribution in [2.75, 3.05) is 0 Å². The van der Waals surface area contributed by atoms with E-state index in [0.29, 0.717) is 0 Å². The first-order chi connectivity index (χ1) is 5.18. The number of nitrogens with zero attached hydrogens (tertiary/aromatic N) is 1. The van der Waals surface area contributed by atoms with E-state index in [2.05, 4.69) is 4.98 Å². The van der Waals surface area contributed by atoms with Crippen molar-refractivity contribution in [2.24, 2.45) is 0 Å². The molecule has 1 atom stereocenters. The smallest absolute Gasteiger partial charge is 0.0896 e. The van der Waals surface area contributed by atoms with Crippen LogP contribution in [0.4, 0.5) is 0 Å². The molecule has 0 aliphatic heterocycles. The van der Waals surface area contributed by atoms with Crippen LogP contribution in [0.25, 0.3) is 0 Å². The van der Waals surface area contributed by atoms with E-state index in [-0.39, 0.29) is 6.10 Å². The van der Waals surface area contributed by atoms with E-state index in [0.717, 1.165) is 17.8 Å². The molecule has 1 N–H and O–H groups in total. The third kappa shape index (κ3) is 2.99. The van der Waals surface area contributed by atoms with E-state index < -0.39 is 0 Å². The Labute approximate surface area is 70.9 Å². The quantitative estimate of drug-likeness (QED) is 0.751. The number of hydrogen-bond acceptors (Lipinski definition) is 3. The third-order valence-electron chi connectivity index (χ3n) is 1.48. The Morgan fingerprint density at radius 2 is 2.45 bits per heavy atom. The highest BCUT2D eigenvalue weighted by molar-refractivity contribution is 7.11. The molecule has 11 heavy (non-hydrogen) atoms. The number of aliphatic hydroxyl groups is 1. The number of aromatic nitrogens is 1. The third-order valence-corrected chi connectivity index (χ3v) is 2.45. The van der Waals surface area contributed by atoms with Gasteiger partial charge in [0.05, 0.1) is 11.1 Å². The first-order valence-corrected chi connectivity index (χ1v) is 4.59. The van der Waals surface area contributed by atoms with Crippen LogP contribution >= 0.6 is 11.3 Å². The Morgan fingerprint density at radius 3 is 2.91 bits per heavy atom. The summed E-state index contributed by atoms with van der Waals surface area (Å²) >= 11 is 1.71. The van der Waals surface area contributed by atoms with Crippen molar-refractivity contribution in [1.82, 2.24) is 4.98 Å². The van der Waals surface area contributed by atoms with E-state index in [1.165, 1.54) is 4.88 Å². The molecule has 0 fully saturated rings. The number of hydrogen-bond donors (Lipinski definition) is 1. The highest BCUT2D eigenvalue weighted by Crippen LogP contribution is 2.13. The molecule has 0 saturated heterocycles. The van der Waals surface area contributed by atoms with E-state index in [4.69, 9.17) is 5.11 Å². The van der Waals surface area contributed by atoms with Gasteiger partial charge >= 0.3 is 0 Å². The van der Waals surface area contributed by atoms with Crippen LogP contribution in [0.2, 0.25) is 0 Å². The van der Waals surface area contributed by atoms with Crippen molar-refractivity contribution < 1.29 is 5.11 Å². The molecule has 2 nitrogen and oxygen atoms in total. The van der Waals surface area contributed by atoms with Gasteiger partial charge in [0.15, 0.2) is 0 Å². The molecule has 0 aliphatic carbocycles. The van der Waals surface area contributed by atoms with E-state index in [1.807, 2.05) is 20.0 Å². The van der Waals surface area contributed by atoms with Gasteiger partial charge in [0, 0.05) is 11.1 Å². The first-order valence-electron chi connectivity index (χ1n) is 3.78. The largest absolute Gasteiger partial charge is 0.393 e. The summed E-state index contributed by atoms with van der Waals surface area (Å²) in [4.78, 5) is 5.40. The highest BCUT2D eigenvalue weighted by atomic mass is 32.1. The molecule has 0 aliphatic rings. The van der Waals surface area contributed by atoms with Crippen molar-refractivity contribution in [3.63, 3.8) is 0 Å². The fraction of sp³-hybridized carbons (Fsp3) is 0.625. The van der Waals surface area contributed by atoms with E-state index >= 15 is 0 Å². The molecule has 3 heteroatoms. The summed E-state index contributed by atoms with van der Waals surface area (Å²) in [6.45, 7) is 3.81. The normalized spacial score (nSPS) is 13.4. The summed E-state index contributed by atoms with van der Waals surface area (Å²) in [5.41, 5.74) is 0. The lowest BCUT2D eigenvalue weighted by atomic mass is 10.2. The van der Waals surface area contributed by atoms with Crippen LogP contribution < -0.4 is 0 Å². The molecule has 0 amide bonds. The standard InChI is InChI=1S/C8H13NOS/c1-6(10)3-4-8-5-9-7(2)11-8/h5-6,10H,3-4H2,1-2H3/t6-/m0/s1.